The van der Waals surface area contributed by atoms with E-state index in [1.807, 2.05) is 47.5 Å². The summed E-state index contributed by atoms with van der Waals surface area (Å²) in [6, 6.07) is 9.99. The maximum atomic E-state index is 12.6. The second-order valence-corrected chi connectivity index (χ2v) is 7.60. The Hall–Kier alpha value is -2.36. The van der Waals surface area contributed by atoms with Gasteiger partial charge in [0, 0.05) is 44.0 Å². The molecule has 1 saturated heterocycles. The van der Waals surface area contributed by atoms with Gasteiger partial charge < -0.3 is 9.47 Å². The van der Waals surface area contributed by atoms with Gasteiger partial charge >= 0.3 is 0 Å². The first kappa shape index (κ1) is 17.1. The number of rotatable bonds is 5. The molecule has 0 unspecified atom stereocenters. The minimum absolute atomic E-state index is 0.107. The Kier molecular flexibility index (Phi) is 5.19. The Labute approximate surface area is 155 Å². The second kappa shape index (κ2) is 7.90. The Balaban J connectivity index is 1.40. The highest BCUT2D eigenvalue weighted by Gasteiger charge is 2.27. The van der Waals surface area contributed by atoms with Crippen LogP contribution in [0.5, 0.6) is 0 Å². The van der Waals surface area contributed by atoms with E-state index in [9.17, 15) is 4.79 Å². The van der Waals surface area contributed by atoms with Crippen LogP contribution in [0.2, 0.25) is 0 Å². The van der Waals surface area contributed by atoms with E-state index in [1.54, 1.807) is 6.08 Å². The van der Waals surface area contributed by atoms with Crippen molar-refractivity contribution in [1.82, 2.24) is 14.5 Å². The molecule has 0 bridgehead atoms. The largest absolute Gasteiger partial charge is 0.338 e. The fraction of sp³-hybridized carbons (Fsp3) is 0.455. The van der Waals surface area contributed by atoms with Crippen LogP contribution in [0.1, 0.15) is 49.4 Å². The summed E-state index contributed by atoms with van der Waals surface area (Å²) >= 11 is 0. The summed E-state index contributed by atoms with van der Waals surface area (Å²) < 4.78 is 2.34. The van der Waals surface area contributed by atoms with E-state index in [0.717, 1.165) is 44.0 Å². The van der Waals surface area contributed by atoms with Gasteiger partial charge in [0.15, 0.2) is 0 Å². The molecule has 4 rings (SSSR count). The van der Waals surface area contributed by atoms with E-state index < -0.39 is 0 Å². The SMILES string of the molecule is O=C(/C=C/c1ccccc1)N1CCC[C@H](c2nccn2CC2CCC2)C1. The summed E-state index contributed by atoms with van der Waals surface area (Å²) in [5.74, 6) is 2.45. The van der Waals surface area contributed by atoms with Gasteiger partial charge in [-0.15, -0.1) is 0 Å². The van der Waals surface area contributed by atoms with Crippen molar-refractivity contribution in [3.8, 4) is 0 Å². The average molecular weight is 349 g/mol. The van der Waals surface area contributed by atoms with E-state index in [0.29, 0.717) is 5.92 Å². The number of hydrogen-bond donors (Lipinski definition) is 0. The molecule has 0 radical (unpaired) electrons. The van der Waals surface area contributed by atoms with Crippen LogP contribution in [-0.2, 0) is 11.3 Å². The molecule has 2 fully saturated rings. The summed E-state index contributed by atoms with van der Waals surface area (Å²) in [6.07, 6.45) is 13.9. The average Bonchev–Trinajstić information content (AvgIpc) is 3.12. The third-order valence-electron chi connectivity index (χ3n) is 5.74. The molecule has 2 aromatic rings. The van der Waals surface area contributed by atoms with Crippen LogP contribution < -0.4 is 0 Å². The first-order valence-electron chi connectivity index (χ1n) is 9.82. The maximum Gasteiger partial charge on any atom is 0.246 e. The molecule has 4 nitrogen and oxygen atoms in total. The summed E-state index contributed by atoms with van der Waals surface area (Å²) in [5, 5.41) is 0. The third-order valence-corrected chi connectivity index (χ3v) is 5.74. The number of piperidine rings is 1. The first-order valence-corrected chi connectivity index (χ1v) is 9.82. The Morgan fingerprint density at radius 2 is 2.00 bits per heavy atom. The number of benzene rings is 1. The summed E-state index contributed by atoms with van der Waals surface area (Å²) in [7, 11) is 0. The van der Waals surface area contributed by atoms with Crippen molar-refractivity contribution in [3.63, 3.8) is 0 Å². The number of aromatic nitrogens is 2. The minimum Gasteiger partial charge on any atom is -0.338 e. The van der Waals surface area contributed by atoms with E-state index in [1.165, 1.54) is 25.1 Å². The molecule has 4 heteroatoms. The molecule has 1 aliphatic carbocycles. The van der Waals surface area contributed by atoms with E-state index in [2.05, 4.69) is 15.7 Å². The van der Waals surface area contributed by atoms with Gasteiger partial charge in [0.2, 0.25) is 5.91 Å². The van der Waals surface area contributed by atoms with Crippen LogP contribution in [0.4, 0.5) is 0 Å². The highest BCUT2D eigenvalue weighted by Crippen LogP contribution is 2.31. The Morgan fingerprint density at radius 3 is 2.77 bits per heavy atom. The number of likely N-dealkylation sites (tertiary alicyclic amines) is 1. The fourth-order valence-corrected chi connectivity index (χ4v) is 4.01. The lowest BCUT2D eigenvalue weighted by Gasteiger charge is -2.33. The topological polar surface area (TPSA) is 38.1 Å². The normalized spacial score (nSPS) is 21.1. The first-order chi connectivity index (χ1) is 12.8. The quantitative estimate of drug-likeness (QED) is 0.762. The van der Waals surface area contributed by atoms with Crippen LogP contribution in [0, 0.1) is 5.92 Å². The van der Waals surface area contributed by atoms with E-state index >= 15 is 0 Å². The number of carbonyl (C=O) groups is 1. The molecule has 2 heterocycles. The van der Waals surface area contributed by atoms with Gasteiger partial charge in [0.25, 0.3) is 0 Å². The standard InChI is InChI=1S/C22H27N3O/c26-21(12-11-18-6-2-1-3-7-18)24-14-5-10-20(17-24)22-23-13-15-25(22)16-19-8-4-9-19/h1-3,6-7,11-13,15,19-20H,4-5,8-10,14,16-17H2/b12-11+/t20-/m0/s1. The number of hydrogen-bond acceptors (Lipinski definition) is 2. The van der Waals surface area contributed by atoms with Crippen LogP contribution in [0.15, 0.2) is 48.8 Å². The predicted molar refractivity (Wildman–Crippen MR) is 104 cm³/mol. The van der Waals surface area contributed by atoms with Gasteiger partial charge in [0.05, 0.1) is 0 Å². The molecule has 2 aliphatic rings. The number of nitrogens with zero attached hydrogens (tertiary/aromatic N) is 3. The molecule has 1 saturated carbocycles. The van der Waals surface area contributed by atoms with E-state index in [-0.39, 0.29) is 5.91 Å². The van der Waals surface area contributed by atoms with Crippen LogP contribution in [-0.4, -0.2) is 33.4 Å². The Morgan fingerprint density at radius 1 is 1.15 bits per heavy atom. The van der Waals surface area contributed by atoms with Gasteiger partial charge in [-0.25, -0.2) is 4.98 Å². The molecule has 1 aromatic carbocycles. The van der Waals surface area contributed by atoms with Crippen molar-refractivity contribution in [3.05, 3.63) is 60.2 Å². The molecule has 1 aliphatic heterocycles. The van der Waals surface area contributed by atoms with Crippen molar-refractivity contribution < 1.29 is 4.79 Å². The van der Waals surface area contributed by atoms with Gasteiger partial charge in [0.1, 0.15) is 5.82 Å². The second-order valence-electron chi connectivity index (χ2n) is 7.60. The monoisotopic (exact) mass is 349 g/mol. The molecule has 26 heavy (non-hydrogen) atoms. The third kappa shape index (κ3) is 3.90. The van der Waals surface area contributed by atoms with Crippen molar-refractivity contribution >= 4 is 12.0 Å². The molecule has 1 aromatic heterocycles. The Bertz CT molecular complexity index is 761. The lowest BCUT2D eigenvalue weighted by atomic mass is 9.85. The number of carbonyl (C=O) groups excluding carboxylic acids is 1. The zero-order valence-electron chi connectivity index (χ0n) is 15.3. The minimum atomic E-state index is 0.107. The van der Waals surface area contributed by atoms with Gasteiger partial charge in [-0.05, 0) is 43.2 Å². The summed E-state index contributed by atoms with van der Waals surface area (Å²) in [5.41, 5.74) is 1.06. The van der Waals surface area contributed by atoms with Crippen molar-refractivity contribution in [1.29, 1.82) is 0 Å². The lowest BCUT2D eigenvalue weighted by Crippen LogP contribution is -2.39. The molecule has 136 valence electrons. The molecule has 1 amide bonds. The number of amides is 1. The molecule has 0 spiro atoms. The summed E-state index contributed by atoms with van der Waals surface area (Å²) in [6.45, 7) is 2.71. The zero-order chi connectivity index (χ0) is 17.8. The van der Waals surface area contributed by atoms with Crippen molar-refractivity contribution in [2.45, 2.75) is 44.6 Å². The van der Waals surface area contributed by atoms with Crippen molar-refractivity contribution in [2.24, 2.45) is 5.92 Å². The van der Waals surface area contributed by atoms with Crippen LogP contribution >= 0.6 is 0 Å². The van der Waals surface area contributed by atoms with Gasteiger partial charge in [-0.3, -0.25) is 4.79 Å². The van der Waals surface area contributed by atoms with Crippen molar-refractivity contribution in [2.75, 3.05) is 13.1 Å². The van der Waals surface area contributed by atoms with Gasteiger partial charge in [-0.2, -0.15) is 0 Å². The smallest absolute Gasteiger partial charge is 0.246 e. The molecule has 0 N–H and O–H groups in total. The van der Waals surface area contributed by atoms with Crippen LogP contribution in [0.25, 0.3) is 6.08 Å². The predicted octanol–water partition coefficient (Wildman–Crippen LogP) is 4.10. The van der Waals surface area contributed by atoms with Crippen LogP contribution in [0.3, 0.4) is 0 Å². The zero-order valence-corrected chi connectivity index (χ0v) is 15.3. The lowest BCUT2D eigenvalue weighted by molar-refractivity contribution is -0.127. The highest BCUT2D eigenvalue weighted by atomic mass is 16.2. The fourth-order valence-electron chi connectivity index (χ4n) is 4.01. The molecular formula is C22H27N3O. The van der Waals surface area contributed by atoms with Gasteiger partial charge in [-0.1, -0.05) is 36.8 Å². The molecular weight excluding hydrogens is 322 g/mol. The van der Waals surface area contributed by atoms with E-state index in [4.69, 9.17) is 0 Å². The highest BCUT2D eigenvalue weighted by molar-refractivity contribution is 5.91. The maximum absolute atomic E-state index is 12.6. The number of imidazole rings is 1. The molecule has 1 atom stereocenters. The summed E-state index contributed by atoms with van der Waals surface area (Å²) in [4.78, 5) is 19.2.